The number of alkyl carbamates (subject to hydrolysis) is 1. The molecule has 0 spiro atoms. The minimum Gasteiger partial charge on any atom is -0.480 e. The number of ether oxygens (including phenoxy) is 2. The Hall–Kier alpha value is -3.39. The lowest BCUT2D eigenvalue weighted by Gasteiger charge is -2.31. The van der Waals surface area contributed by atoms with Gasteiger partial charge in [0.2, 0.25) is 5.91 Å². The minimum atomic E-state index is -1.42. The van der Waals surface area contributed by atoms with E-state index in [0.717, 1.165) is 22.3 Å². The van der Waals surface area contributed by atoms with Crippen LogP contribution in [0.4, 0.5) is 4.79 Å². The van der Waals surface area contributed by atoms with Crippen molar-refractivity contribution in [2.75, 3.05) is 13.7 Å². The second kappa shape index (κ2) is 10.7. The summed E-state index contributed by atoms with van der Waals surface area (Å²) in [6.07, 6.45) is -1.09. The Morgan fingerprint density at radius 1 is 1.00 bits per heavy atom. The predicted octanol–water partition coefficient (Wildman–Crippen LogP) is 3.69. The Morgan fingerprint density at radius 3 is 2.00 bits per heavy atom. The molecule has 2 atom stereocenters. The first kappa shape index (κ1) is 25.2. The first-order valence-electron chi connectivity index (χ1n) is 11.5. The van der Waals surface area contributed by atoms with Crippen LogP contribution >= 0.6 is 0 Å². The van der Waals surface area contributed by atoms with Gasteiger partial charge in [-0.3, -0.25) is 4.79 Å². The van der Waals surface area contributed by atoms with E-state index in [1.807, 2.05) is 48.5 Å². The molecule has 0 unspecified atom stereocenters. The van der Waals surface area contributed by atoms with Gasteiger partial charge < -0.3 is 25.2 Å². The zero-order valence-corrected chi connectivity index (χ0v) is 20.0. The van der Waals surface area contributed by atoms with Gasteiger partial charge >= 0.3 is 12.1 Å². The molecule has 8 heteroatoms. The highest BCUT2D eigenvalue weighted by Crippen LogP contribution is 2.44. The molecule has 1 aliphatic rings. The number of carbonyl (C=O) groups is 3. The van der Waals surface area contributed by atoms with Crippen LogP contribution in [0.3, 0.4) is 0 Å². The molecule has 34 heavy (non-hydrogen) atoms. The number of fused-ring (bicyclic) bond motifs is 3. The Morgan fingerprint density at radius 2 is 1.53 bits per heavy atom. The van der Waals surface area contributed by atoms with E-state index in [1.165, 1.54) is 7.11 Å². The van der Waals surface area contributed by atoms with Crippen LogP contribution in [0.5, 0.6) is 0 Å². The van der Waals surface area contributed by atoms with Crippen LogP contribution in [-0.2, 0) is 19.1 Å². The van der Waals surface area contributed by atoms with Gasteiger partial charge in [0, 0.05) is 13.0 Å². The summed E-state index contributed by atoms with van der Waals surface area (Å²) in [6.45, 7) is 5.09. The quantitative estimate of drug-likeness (QED) is 0.490. The van der Waals surface area contributed by atoms with E-state index >= 15 is 0 Å². The number of nitrogens with one attached hydrogen (secondary N) is 2. The average Bonchev–Trinajstić information content (AvgIpc) is 3.17. The van der Waals surface area contributed by atoms with E-state index < -0.39 is 35.7 Å². The summed E-state index contributed by atoms with van der Waals surface area (Å²) in [4.78, 5) is 37.5. The molecule has 0 heterocycles. The zero-order chi connectivity index (χ0) is 24.9. The van der Waals surface area contributed by atoms with Crippen molar-refractivity contribution in [3.05, 3.63) is 59.7 Å². The topological polar surface area (TPSA) is 114 Å². The lowest BCUT2D eigenvalue weighted by Crippen LogP contribution is -2.61. The molecule has 0 saturated heterocycles. The molecular formula is C26H32N2O6. The van der Waals surface area contributed by atoms with Crippen molar-refractivity contribution in [3.63, 3.8) is 0 Å². The number of benzene rings is 2. The maximum Gasteiger partial charge on any atom is 0.407 e. The molecule has 3 N–H and O–H groups in total. The zero-order valence-electron chi connectivity index (χ0n) is 20.0. The number of aliphatic carboxylic acids is 1. The van der Waals surface area contributed by atoms with Crippen LogP contribution in [0.1, 0.15) is 50.7 Å². The number of carbonyl (C=O) groups excluding carboxylic acids is 2. The maximum atomic E-state index is 13.0. The van der Waals surface area contributed by atoms with Gasteiger partial charge in [-0.15, -0.1) is 0 Å². The largest absolute Gasteiger partial charge is 0.480 e. The van der Waals surface area contributed by atoms with E-state index in [2.05, 4.69) is 10.6 Å². The minimum absolute atomic E-state index is 0.0958. The molecule has 0 aromatic heterocycles. The molecule has 2 aromatic rings. The fraction of sp³-hybridized carbons (Fsp3) is 0.423. The van der Waals surface area contributed by atoms with Crippen LogP contribution < -0.4 is 10.6 Å². The summed E-state index contributed by atoms with van der Waals surface area (Å²) in [7, 11) is 1.41. The maximum absolute atomic E-state index is 13.0. The van der Waals surface area contributed by atoms with Crippen LogP contribution in [0.25, 0.3) is 11.1 Å². The van der Waals surface area contributed by atoms with Crippen molar-refractivity contribution in [1.29, 1.82) is 0 Å². The normalized spacial score (nSPS) is 14.5. The van der Waals surface area contributed by atoms with Crippen molar-refractivity contribution in [1.82, 2.24) is 10.6 Å². The third kappa shape index (κ3) is 4.92. The Balaban J connectivity index is 1.71. The number of methoxy groups -OCH3 is 1. The van der Waals surface area contributed by atoms with Crippen molar-refractivity contribution in [2.45, 2.75) is 57.2 Å². The van der Waals surface area contributed by atoms with Crippen LogP contribution in [0, 0.1) is 0 Å². The van der Waals surface area contributed by atoms with E-state index in [4.69, 9.17) is 9.47 Å². The first-order valence-corrected chi connectivity index (χ1v) is 11.5. The molecule has 182 valence electrons. The van der Waals surface area contributed by atoms with Crippen LogP contribution in [0.2, 0.25) is 0 Å². The molecular weight excluding hydrogens is 436 g/mol. The molecule has 3 rings (SSSR count). The van der Waals surface area contributed by atoms with Crippen molar-refractivity contribution < 1.29 is 29.0 Å². The summed E-state index contributed by atoms with van der Waals surface area (Å²) in [6, 6.07) is 14.9. The molecule has 0 radical (unpaired) electrons. The lowest BCUT2D eigenvalue weighted by atomic mass is 9.92. The Labute approximate surface area is 199 Å². The Kier molecular flexibility index (Phi) is 7.94. The monoisotopic (exact) mass is 468 g/mol. The van der Waals surface area contributed by atoms with Crippen molar-refractivity contribution in [2.24, 2.45) is 0 Å². The third-order valence-electron chi connectivity index (χ3n) is 6.72. The van der Waals surface area contributed by atoms with Gasteiger partial charge in [0.05, 0.1) is 6.10 Å². The number of carboxylic acid groups (broad SMARTS) is 1. The second-order valence-corrected chi connectivity index (χ2v) is 8.47. The number of carboxylic acids is 1. The number of hydrogen-bond donors (Lipinski definition) is 3. The van der Waals surface area contributed by atoms with Gasteiger partial charge in [-0.05, 0) is 42.0 Å². The standard InChI is InChI=1S/C26H32N2O6/c1-5-26(6-2,24(30)31)28-23(29)22(16(3)33-4)27-25(32)34-15-21-19-13-9-7-11-17(19)18-12-8-10-14-20(18)21/h7-14,16,21-22H,5-6,15H2,1-4H3,(H,27,32)(H,28,29)(H,30,31)/t16-,22+/m1/s1. The SMILES string of the molecule is CCC(CC)(NC(=O)[C@@H](NC(=O)OCC1c2ccccc2-c2ccccc21)[C@@H](C)OC)C(=O)O. The van der Waals surface area contributed by atoms with Gasteiger partial charge in [0.25, 0.3) is 0 Å². The highest BCUT2D eigenvalue weighted by atomic mass is 16.5. The van der Waals surface area contributed by atoms with Crippen LogP contribution in [-0.4, -0.2) is 54.5 Å². The lowest BCUT2D eigenvalue weighted by molar-refractivity contribution is -0.149. The van der Waals surface area contributed by atoms with E-state index in [9.17, 15) is 19.5 Å². The fourth-order valence-corrected chi connectivity index (χ4v) is 4.40. The predicted molar refractivity (Wildman–Crippen MR) is 128 cm³/mol. The van der Waals surface area contributed by atoms with Crippen molar-refractivity contribution >= 4 is 18.0 Å². The molecule has 2 aromatic carbocycles. The summed E-state index contributed by atoms with van der Waals surface area (Å²) >= 11 is 0. The van der Waals surface area contributed by atoms with Crippen LogP contribution in [0.15, 0.2) is 48.5 Å². The summed E-state index contributed by atoms with van der Waals surface area (Å²) in [5.74, 6) is -1.89. The van der Waals surface area contributed by atoms with Gasteiger partial charge in [-0.1, -0.05) is 62.4 Å². The second-order valence-electron chi connectivity index (χ2n) is 8.47. The van der Waals surface area contributed by atoms with Gasteiger partial charge in [0.1, 0.15) is 18.2 Å². The fourth-order valence-electron chi connectivity index (χ4n) is 4.40. The smallest absolute Gasteiger partial charge is 0.407 e. The number of rotatable bonds is 10. The summed E-state index contributed by atoms with van der Waals surface area (Å²) < 4.78 is 10.8. The van der Waals surface area contributed by atoms with Crippen molar-refractivity contribution in [3.8, 4) is 11.1 Å². The molecule has 0 bridgehead atoms. The highest BCUT2D eigenvalue weighted by Gasteiger charge is 2.40. The average molecular weight is 469 g/mol. The number of amides is 2. The molecule has 8 nitrogen and oxygen atoms in total. The van der Waals surface area contributed by atoms with E-state index in [0.29, 0.717) is 0 Å². The molecule has 0 aliphatic heterocycles. The van der Waals surface area contributed by atoms with E-state index in [1.54, 1.807) is 20.8 Å². The first-order chi connectivity index (χ1) is 16.3. The summed E-state index contributed by atoms with van der Waals surface area (Å²) in [5.41, 5.74) is 2.95. The highest BCUT2D eigenvalue weighted by molar-refractivity contribution is 5.91. The van der Waals surface area contributed by atoms with Gasteiger partial charge in [-0.2, -0.15) is 0 Å². The Bertz CT molecular complexity index is 1000. The summed E-state index contributed by atoms with van der Waals surface area (Å²) in [5, 5.41) is 14.8. The number of hydrogen-bond acceptors (Lipinski definition) is 5. The molecule has 1 aliphatic carbocycles. The molecule has 2 amide bonds. The molecule has 0 saturated carbocycles. The molecule has 0 fully saturated rings. The van der Waals surface area contributed by atoms with Gasteiger partial charge in [-0.25, -0.2) is 9.59 Å². The van der Waals surface area contributed by atoms with E-state index in [-0.39, 0.29) is 25.4 Å². The van der Waals surface area contributed by atoms with Gasteiger partial charge in [0.15, 0.2) is 0 Å². The third-order valence-corrected chi connectivity index (χ3v) is 6.72.